The second-order valence-corrected chi connectivity index (χ2v) is 8.09. The van der Waals surface area contributed by atoms with Gasteiger partial charge in [-0.1, -0.05) is 12.1 Å². The van der Waals surface area contributed by atoms with Crippen molar-refractivity contribution in [1.29, 1.82) is 0 Å². The van der Waals surface area contributed by atoms with Gasteiger partial charge in [-0.2, -0.15) is 0 Å². The molecule has 29 heavy (non-hydrogen) atoms. The Labute approximate surface area is 170 Å². The molecule has 2 fully saturated rings. The van der Waals surface area contributed by atoms with Gasteiger partial charge >= 0.3 is 0 Å². The van der Waals surface area contributed by atoms with Crippen LogP contribution in [0.5, 0.6) is 0 Å². The molecule has 3 aliphatic rings. The molecule has 3 heterocycles. The van der Waals surface area contributed by atoms with E-state index >= 15 is 0 Å². The third-order valence-corrected chi connectivity index (χ3v) is 6.09. The number of hydrogen-bond acceptors (Lipinski definition) is 6. The second kappa shape index (κ2) is 8.61. The highest BCUT2D eigenvalue weighted by molar-refractivity contribution is 6.05. The number of carbonyl (C=O) groups excluding carboxylic acids is 3. The molecule has 8 heteroatoms. The van der Waals surface area contributed by atoms with Crippen LogP contribution in [0.4, 0.5) is 0 Å². The summed E-state index contributed by atoms with van der Waals surface area (Å²) >= 11 is 0. The summed E-state index contributed by atoms with van der Waals surface area (Å²) in [7, 11) is 0. The van der Waals surface area contributed by atoms with Crippen LogP contribution in [0.1, 0.15) is 40.7 Å². The van der Waals surface area contributed by atoms with Crippen molar-refractivity contribution in [1.82, 2.24) is 20.0 Å². The molecule has 3 aliphatic heterocycles. The number of aliphatic hydroxyl groups excluding tert-OH is 1. The van der Waals surface area contributed by atoms with Crippen LogP contribution in [0.15, 0.2) is 18.2 Å². The van der Waals surface area contributed by atoms with Gasteiger partial charge in [0.15, 0.2) is 0 Å². The van der Waals surface area contributed by atoms with Crippen molar-refractivity contribution in [3.05, 3.63) is 34.9 Å². The van der Waals surface area contributed by atoms with Crippen LogP contribution in [-0.2, 0) is 22.7 Å². The molecule has 1 unspecified atom stereocenters. The summed E-state index contributed by atoms with van der Waals surface area (Å²) in [6.45, 7) is 6.44. The fourth-order valence-corrected chi connectivity index (χ4v) is 4.45. The van der Waals surface area contributed by atoms with Gasteiger partial charge in [-0.05, 0) is 30.0 Å². The Morgan fingerprint density at radius 1 is 1.07 bits per heavy atom. The number of carbonyl (C=O) groups is 3. The second-order valence-electron chi connectivity index (χ2n) is 8.09. The van der Waals surface area contributed by atoms with Crippen LogP contribution < -0.4 is 5.32 Å². The van der Waals surface area contributed by atoms with E-state index in [2.05, 4.69) is 21.2 Å². The van der Waals surface area contributed by atoms with Crippen LogP contribution in [0, 0.1) is 0 Å². The number of imide groups is 1. The lowest BCUT2D eigenvalue weighted by atomic mass is 10.0. The molecule has 2 saturated heterocycles. The molecule has 0 saturated carbocycles. The monoisotopic (exact) mass is 400 g/mol. The lowest BCUT2D eigenvalue weighted by molar-refractivity contribution is -0.136. The fourth-order valence-electron chi connectivity index (χ4n) is 4.45. The molecular weight excluding hydrogens is 372 g/mol. The molecular formula is C21H28N4O4. The van der Waals surface area contributed by atoms with Gasteiger partial charge in [0.25, 0.3) is 5.91 Å². The highest BCUT2D eigenvalue weighted by atomic mass is 16.3. The minimum atomic E-state index is -0.567. The SMILES string of the molecule is O=C1CCC(N2Cc3cc(CN4CCN(CCCO)CC4)ccc3C2=O)C(=O)N1. The molecule has 4 rings (SSSR count). The van der Waals surface area contributed by atoms with Gasteiger partial charge in [-0.3, -0.25) is 24.6 Å². The van der Waals surface area contributed by atoms with E-state index in [0.29, 0.717) is 18.5 Å². The van der Waals surface area contributed by atoms with Gasteiger partial charge in [0, 0.05) is 64.4 Å². The van der Waals surface area contributed by atoms with E-state index in [1.165, 1.54) is 5.56 Å². The average Bonchev–Trinajstić information content (AvgIpc) is 3.03. The quantitative estimate of drug-likeness (QED) is 0.651. The maximum absolute atomic E-state index is 12.8. The van der Waals surface area contributed by atoms with E-state index in [1.54, 1.807) is 4.90 Å². The first kappa shape index (κ1) is 20.0. The summed E-state index contributed by atoms with van der Waals surface area (Å²) in [5, 5.41) is 11.3. The maximum atomic E-state index is 12.8. The average molecular weight is 400 g/mol. The predicted octanol–water partition coefficient (Wildman–Crippen LogP) is -0.0524. The summed E-state index contributed by atoms with van der Waals surface area (Å²) in [5.74, 6) is -0.769. The molecule has 1 atom stereocenters. The van der Waals surface area contributed by atoms with Crippen molar-refractivity contribution in [3.63, 3.8) is 0 Å². The van der Waals surface area contributed by atoms with E-state index in [1.807, 2.05) is 12.1 Å². The smallest absolute Gasteiger partial charge is 0.255 e. The maximum Gasteiger partial charge on any atom is 0.255 e. The van der Waals surface area contributed by atoms with Crippen LogP contribution in [0.2, 0.25) is 0 Å². The fraction of sp³-hybridized carbons (Fsp3) is 0.571. The zero-order valence-corrected chi connectivity index (χ0v) is 16.6. The molecule has 1 aromatic carbocycles. The van der Waals surface area contributed by atoms with Crippen molar-refractivity contribution >= 4 is 17.7 Å². The Morgan fingerprint density at radius 3 is 2.55 bits per heavy atom. The number of aliphatic hydroxyl groups is 1. The van der Waals surface area contributed by atoms with Crippen LogP contribution >= 0.6 is 0 Å². The summed E-state index contributed by atoms with van der Waals surface area (Å²) in [4.78, 5) is 42.7. The summed E-state index contributed by atoms with van der Waals surface area (Å²) in [5.41, 5.74) is 2.79. The Hall–Kier alpha value is -2.29. The lowest BCUT2D eigenvalue weighted by Gasteiger charge is -2.34. The molecule has 3 amide bonds. The van der Waals surface area contributed by atoms with Crippen molar-refractivity contribution in [2.75, 3.05) is 39.3 Å². The molecule has 0 aromatic heterocycles. The number of piperazine rings is 1. The largest absolute Gasteiger partial charge is 0.396 e. The molecule has 0 bridgehead atoms. The van der Waals surface area contributed by atoms with Gasteiger partial charge in [-0.15, -0.1) is 0 Å². The zero-order valence-electron chi connectivity index (χ0n) is 16.6. The predicted molar refractivity (Wildman–Crippen MR) is 106 cm³/mol. The van der Waals surface area contributed by atoms with Crippen molar-refractivity contribution < 1.29 is 19.5 Å². The van der Waals surface area contributed by atoms with Gasteiger partial charge in [0.2, 0.25) is 11.8 Å². The zero-order chi connectivity index (χ0) is 20.4. The molecule has 156 valence electrons. The standard InChI is InChI=1S/C21H28N4O4/c26-11-1-6-23-7-9-24(10-8-23)13-15-2-3-17-16(12-15)14-25(21(17)29)18-4-5-19(27)22-20(18)28/h2-3,12,18,26H,1,4-11,13-14H2,(H,22,27,28). The first-order valence-corrected chi connectivity index (χ1v) is 10.4. The van der Waals surface area contributed by atoms with Crippen LogP contribution in [0.3, 0.4) is 0 Å². The van der Waals surface area contributed by atoms with E-state index in [0.717, 1.165) is 51.3 Å². The van der Waals surface area contributed by atoms with Crippen molar-refractivity contribution in [3.8, 4) is 0 Å². The number of fused-ring (bicyclic) bond motifs is 1. The summed E-state index contributed by atoms with van der Waals surface area (Å²) < 4.78 is 0. The van der Waals surface area contributed by atoms with E-state index in [-0.39, 0.29) is 30.7 Å². The van der Waals surface area contributed by atoms with Gasteiger partial charge in [0.05, 0.1) is 0 Å². The van der Waals surface area contributed by atoms with Crippen molar-refractivity contribution in [2.45, 2.75) is 38.4 Å². The van der Waals surface area contributed by atoms with Gasteiger partial charge in [0.1, 0.15) is 6.04 Å². The number of nitrogens with zero attached hydrogens (tertiary/aromatic N) is 3. The van der Waals surface area contributed by atoms with Gasteiger partial charge in [-0.25, -0.2) is 0 Å². The minimum Gasteiger partial charge on any atom is -0.396 e. The number of nitrogens with one attached hydrogen (secondary N) is 1. The number of benzene rings is 1. The summed E-state index contributed by atoms with van der Waals surface area (Å²) in [6.07, 6.45) is 1.48. The van der Waals surface area contributed by atoms with E-state index in [9.17, 15) is 14.4 Å². The minimum absolute atomic E-state index is 0.126. The Morgan fingerprint density at radius 2 is 1.83 bits per heavy atom. The molecule has 2 N–H and O–H groups in total. The normalized spacial score (nSPS) is 23.4. The van der Waals surface area contributed by atoms with Crippen LogP contribution in [0.25, 0.3) is 0 Å². The van der Waals surface area contributed by atoms with Gasteiger partial charge < -0.3 is 14.9 Å². The number of hydrogen-bond donors (Lipinski definition) is 2. The Kier molecular flexibility index (Phi) is 5.94. The van der Waals surface area contributed by atoms with Crippen molar-refractivity contribution in [2.24, 2.45) is 0 Å². The number of piperidine rings is 1. The molecule has 0 aliphatic carbocycles. The molecule has 0 spiro atoms. The topological polar surface area (TPSA) is 93.2 Å². The first-order chi connectivity index (χ1) is 14.0. The third kappa shape index (κ3) is 4.34. The highest BCUT2D eigenvalue weighted by Gasteiger charge is 2.39. The Balaban J connectivity index is 1.37. The van der Waals surface area contributed by atoms with E-state index < -0.39 is 6.04 Å². The van der Waals surface area contributed by atoms with Crippen LogP contribution in [-0.4, -0.2) is 82.9 Å². The third-order valence-electron chi connectivity index (χ3n) is 6.09. The molecule has 0 radical (unpaired) electrons. The highest BCUT2D eigenvalue weighted by Crippen LogP contribution is 2.28. The molecule has 1 aromatic rings. The summed E-state index contributed by atoms with van der Waals surface area (Å²) in [6, 6.07) is 5.39. The Bertz CT molecular complexity index is 804. The first-order valence-electron chi connectivity index (χ1n) is 10.4. The number of amides is 3. The number of rotatable bonds is 6. The van der Waals surface area contributed by atoms with E-state index in [4.69, 9.17) is 5.11 Å². The lowest BCUT2D eigenvalue weighted by Crippen LogP contribution is -2.52. The molecule has 8 nitrogen and oxygen atoms in total.